The normalized spacial score (nSPS) is 13.5. The van der Waals surface area contributed by atoms with Gasteiger partial charge in [-0.05, 0) is 25.5 Å². The van der Waals surface area contributed by atoms with Crippen LogP contribution in [0.2, 0.25) is 0 Å². The van der Waals surface area contributed by atoms with E-state index in [1.807, 2.05) is 26.0 Å². The van der Waals surface area contributed by atoms with Gasteiger partial charge in [-0.15, -0.1) is 0 Å². The molecule has 0 bridgehead atoms. The minimum absolute atomic E-state index is 0.147. The molecule has 0 fully saturated rings. The number of hydrogen-bond acceptors (Lipinski definition) is 3. The van der Waals surface area contributed by atoms with E-state index in [9.17, 15) is 0 Å². The molecule has 1 aromatic rings. The maximum atomic E-state index is 5.76. The fourth-order valence-electron chi connectivity index (χ4n) is 1.43. The van der Waals surface area contributed by atoms with Gasteiger partial charge < -0.3 is 15.8 Å². The Kier molecular flexibility index (Phi) is 5.42. The summed E-state index contributed by atoms with van der Waals surface area (Å²) in [6.45, 7) is 5.08. The first kappa shape index (κ1) is 13.4. The molecule has 0 aliphatic rings. The van der Waals surface area contributed by atoms with Crippen LogP contribution >= 0.6 is 0 Å². The summed E-state index contributed by atoms with van der Waals surface area (Å²) in [5.41, 5.74) is 7.82. The molecule has 0 saturated heterocycles. The number of guanidine groups is 1. The fraction of sp³-hybridized carbons (Fsp3) is 0.500. The molecule has 1 heterocycles. The Hall–Kier alpha value is -1.62. The van der Waals surface area contributed by atoms with Gasteiger partial charge in [0.15, 0.2) is 5.96 Å². The molecule has 0 radical (unpaired) electrons. The second-order valence-electron chi connectivity index (χ2n) is 3.97. The first-order valence-electron chi connectivity index (χ1n) is 5.59. The van der Waals surface area contributed by atoms with E-state index < -0.39 is 0 Å². The zero-order valence-corrected chi connectivity index (χ0v) is 10.6. The van der Waals surface area contributed by atoms with Crippen molar-refractivity contribution in [2.24, 2.45) is 10.7 Å². The van der Waals surface area contributed by atoms with Crippen LogP contribution in [0.1, 0.15) is 18.2 Å². The van der Waals surface area contributed by atoms with Crippen LogP contribution in [0.3, 0.4) is 0 Å². The number of ether oxygens (including phenoxy) is 1. The summed E-state index contributed by atoms with van der Waals surface area (Å²) in [5, 5.41) is 3.05. The van der Waals surface area contributed by atoms with Crippen molar-refractivity contribution in [3.8, 4) is 0 Å². The molecule has 17 heavy (non-hydrogen) atoms. The number of aliphatic imine (C=N–C) groups is 1. The molecule has 0 spiro atoms. The van der Waals surface area contributed by atoms with E-state index in [0.717, 1.165) is 11.3 Å². The first-order valence-corrected chi connectivity index (χ1v) is 5.59. The average Bonchev–Trinajstić information content (AvgIpc) is 2.28. The lowest BCUT2D eigenvalue weighted by atomic mass is 10.2. The Morgan fingerprint density at radius 1 is 1.65 bits per heavy atom. The Balaban J connectivity index is 2.50. The molecule has 1 atom stereocenters. The van der Waals surface area contributed by atoms with Crippen molar-refractivity contribution in [3.63, 3.8) is 0 Å². The van der Waals surface area contributed by atoms with Gasteiger partial charge in [-0.1, -0.05) is 6.07 Å². The average molecular weight is 236 g/mol. The molecule has 3 N–H and O–H groups in total. The molecule has 0 amide bonds. The van der Waals surface area contributed by atoms with Crippen LogP contribution in [0.15, 0.2) is 23.3 Å². The molecule has 1 rings (SSSR count). The van der Waals surface area contributed by atoms with E-state index in [4.69, 9.17) is 10.5 Å². The lowest BCUT2D eigenvalue weighted by molar-refractivity contribution is 0.179. The maximum absolute atomic E-state index is 5.76. The summed E-state index contributed by atoms with van der Waals surface area (Å²) < 4.78 is 5.00. The number of nitrogens with two attached hydrogens (primary N) is 1. The quantitative estimate of drug-likeness (QED) is 0.586. The van der Waals surface area contributed by atoms with E-state index in [2.05, 4.69) is 15.3 Å². The Bertz CT molecular complexity index is 379. The topological polar surface area (TPSA) is 72.5 Å². The van der Waals surface area contributed by atoms with Gasteiger partial charge >= 0.3 is 0 Å². The van der Waals surface area contributed by atoms with E-state index in [0.29, 0.717) is 19.1 Å². The minimum Gasteiger partial charge on any atom is -0.383 e. The second kappa shape index (κ2) is 6.85. The Morgan fingerprint density at radius 2 is 2.41 bits per heavy atom. The van der Waals surface area contributed by atoms with Gasteiger partial charge in [-0.2, -0.15) is 0 Å². The van der Waals surface area contributed by atoms with E-state index >= 15 is 0 Å². The van der Waals surface area contributed by atoms with Crippen LogP contribution in [0.25, 0.3) is 0 Å². The summed E-state index contributed by atoms with van der Waals surface area (Å²) in [5.74, 6) is 0.416. The number of hydrogen-bond donors (Lipinski definition) is 2. The van der Waals surface area contributed by atoms with Crippen molar-refractivity contribution in [3.05, 3.63) is 29.6 Å². The van der Waals surface area contributed by atoms with E-state index in [-0.39, 0.29) is 6.04 Å². The van der Waals surface area contributed by atoms with E-state index in [1.165, 1.54) is 0 Å². The summed E-state index contributed by atoms with van der Waals surface area (Å²) in [7, 11) is 1.66. The first-order chi connectivity index (χ1) is 8.13. The van der Waals surface area contributed by atoms with E-state index in [1.54, 1.807) is 13.3 Å². The highest BCUT2D eigenvalue weighted by molar-refractivity contribution is 5.78. The lowest BCUT2D eigenvalue weighted by Gasteiger charge is -2.13. The van der Waals surface area contributed by atoms with Crippen LogP contribution in [0, 0.1) is 6.92 Å². The lowest BCUT2D eigenvalue weighted by Crippen LogP contribution is -2.40. The molecule has 94 valence electrons. The van der Waals surface area contributed by atoms with Crippen molar-refractivity contribution in [2.45, 2.75) is 26.4 Å². The number of pyridine rings is 1. The third-order valence-corrected chi connectivity index (χ3v) is 2.33. The van der Waals surface area contributed by atoms with Crippen LogP contribution in [-0.2, 0) is 11.3 Å². The molecule has 1 aromatic heterocycles. The molecule has 5 heteroatoms. The third kappa shape index (κ3) is 4.82. The molecule has 0 aromatic carbocycles. The zero-order chi connectivity index (χ0) is 12.7. The van der Waals surface area contributed by atoms with Gasteiger partial charge in [-0.25, -0.2) is 4.99 Å². The zero-order valence-electron chi connectivity index (χ0n) is 10.6. The molecule has 0 saturated carbocycles. The molecule has 0 aliphatic heterocycles. The summed E-state index contributed by atoms with van der Waals surface area (Å²) in [4.78, 5) is 8.49. The summed E-state index contributed by atoms with van der Waals surface area (Å²) >= 11 is 0. The van der Waals surface area contributed by atoms with Crippen LogP contribution in [-0.4, -0.2) is 30.7 Å². The van der Waals surface area contributed by atoms with Gasteiger partial charge in [0.1, 0.15) is 0 Å². The SMILES string of the molecule is COCC(C)NC(N)=NCc1ncccc1C. The Morgan fingerprint density at radius 3 is 3.06 bits per heavy atom. The van der Waals surface area contributed by atoms with Gasteiger partial charge in [0.2, 0.25) is 0 Å². The number of aryl methyl sites for hydroxylation is 1. The molecule has 0 aliphatic carbocycles. The monoisotopic (exact) mass is 236 g/mol. The highest BCUT2D eigenvalue weighted by atomic mass is 16.5. The minimum atomic E-state index is 0.147. The van der Waals surface area contributed by atoms with Crippen molar-refractivity contribution in [1.82, 2.24) is 10.3 Å². The number of nitrogens with zero attached hydrogens (tertiary/aromatic N) is 2. The standard InChI is InChI=1S/C12H20N4O/c1-9-5-4-6-14-11(9)7-15-12(13)16-10(2)8-17-3/h4-6,10H,7-8H2,1-3H3,(H3,13,15,16). The molecular formula is C12H20N4O. The predicted molar refractivity (Wildman–Crippen MR) is 68.8 cm³/mol. The molecule has 5 nitrogen and oxygen atoms in total. The van der Waals surface area contributed by atoms with Crippen molar-refractivity contribution in [1.29, 1.82) is 0 Å². The fourth-order valence-corrected chi connectivity index (χ4v) is 1.43. The number of rotatable bonds is 5. The van der Waals surface area contributed by atoms with Gasteiger partial charge in [-0.3, -0.25) is 4.98 Å². The van der Waals surface area contributed by atoms with Crippen LogP contribution in [0.4, 0.5) is 0 Å². The smallest absolute Gasteiger partial charge is 0.189 e. The van der Waals surface area contributed by atoms with Gasteiger partial charge in [0.25, 0.3) is 0 Å². The number of aromatic nitrogens is 1. The van der Waals surface area contributed by atoms with Crippen molar-refractivity contribution >= 4 is 5.96 Å². The maximum Gasteiger partial charge on any atom is 0.189 e. The third-order valence-electron chi connectivity index (χ3n) is 2.33. The van der Waals surface area contributed by atoms with Gasteiger partial charge in [0.05, 0.1) is 18.8 Å². The second-order valence-corrected chi connectivity index (χ2v) is 3.97. The molecule has 1 unspecified atom stereocenters. The highest BCUT2D eigenvalue weighted by Crippen LogP contribution is 2.03. The highest BCUT2D eigenvalue weighted by Gasteiger charge is 2.02. The van der Waals surface area contributed by atoms with Gasteiger partial charge in [0, 0.05) is 19.3 Å². The largest absolute Gasteiger partial charge is 0.383 e. The predicted octanol–water partition coefficient (Wildman–Crippen LogP) is 0.829. The number of methoxy groups -OCH3 is 1. The summed E-state index contributed by atoms with van der Waals surface area (Å²) in [6, 6.07) is 4.06. The summed E-state index contributed by atoms with van der Waals surface area (Å²) in [6.07, 6.45) is 1.76. The molecular weight excluding hydrogens is 216 g/mol. The van der Waals surface area contributed by atoms with Crippen LogP contribution in [0.5, 0.6) is 0 Å². The van der Waals surface area contributed by atoms with Crippen molar-refractivity contribution in [2.75, 3.05) is 13.7 Å². The number of nitrogens with one attached hydrogen (secondary N) is 1. The Labute approximate surface area is 102 Å². The van der Waals surface area contributed by atoms with Crippen LogP contribution < -0.4 is 11.1 Å². The van der Waals surface area contributed by atoms with Crippen molar-refractivity contribution < 1.29 is 4.74 Å².